The highest BCUT2D eigenvalue weighted by Gasteiger charge is 2.30. The van der Waals surface area contributed by atoms with Crippen molar-refractivity contribution in [3.05, 3.63) is 51.4 Å². The van der Waals surface area contributed by atoms with E-state index in [2.05, 4.69) is 34.0 Å². The van der Waals surface area contributed by atoms with Gasteiger partial charge in [-0.25, -0.2) is 9.97 Å². The van der Waals surface area contributed by atoms with E-state index in [1.807, 2.05) is 11.0 Å². The molecule has 1 aliphatic heterocycles. The number of nitrogens with one attached hydrogen (secondary N) is 1. The minimum atomic E-state index is -0.373. The van der Waals surface area contributed by atoms with Gasteiger partial charge in [0.1, 0.15) is 17.3 Å². The number of anilines is 1. The maximum atomic E-state index is 13.4. The van der Waals surface area contributed by atoms with Crippen LogP contribution in [0.15, 0.2) is 30.6 Å². The molecule has 0 aliphatic carbocycles. The lowest BCUT2D eigenvalue weighted by Gasteiger charge is -2.37. The van der Waals surface area contributed by atoms with Crippen LogP contribution in [0.25, 0.3) is 0 Å². The van der Waals surface area contributed by atoms with E-state index in [1.165, 1.54) is 6.33 Å². The van der Waals surface area contributed by atoms with E-state index in [1.54, 1.807) is 18.2 Å². The molecule has 1 amide bonds. The molecular weight excluding hydrogens is 433 g/mol. The molecule has 2 aromatic rings. The fourth-order valence-corrected chi connectivity index (χ4v) is 4.02. The maximum absolute atomic E-state index is 13.4. The molecule has 1 aromatic carbocycles. The SMILES string of the molecule is CC(C)NCC(C(=O)N1CCN(c2cc(Cl)ncn2)CC1)c1ccc(Cl)cc1Cl. The lowest BCUT2D eigenvalue weighted by atomic mass is 9.96. The number of halogens is 3. The van der Waals surface area contributed by atoms with Gasteiger partial charge in [-0.05, 0) is 17.7 Å². The molecule has 3 rings (SSSR count). The first kappa shape index (κ1) is 22.1. The first-order valence-electron chi connectivity index (χ1n) is 9.54. The first-order valence-corrected chi connectivity index (χ1v) is 10.7. The molecule has 0 spiro atoms. The van der Waals surface area contributed by atoms with Crippen molar-refractivity contribution in [1.82, 2.24) is 20.2 Å². The fourth-order valence-electron chi connectivity index (χ4n) is 3.34. The molecular formula is C20H24Cl3N5O. The summed E-state index contributed by atoms with van der Waals surface area (Å²) in [6, 6.07) is 7.30. The van der Waals surface area contributed by atoms with E-state index in [0.29, 0.717) is 47.9 Å². The number of hydrogen-bond acceptors (Lipinski definition) is 5. The number of nitrogens with zero attached hydrogens (tertiary/aromatic N) is 4. The average Bonchev–Trinajstić information content (AvgIpc) is 2.69. The summed E-state index contributed by atoms with van der Waals surface area (Å²) in [7, 11) is 0. The molecule has 1 N–H and O–H groups in total. The standard InChI is InChI=1S/C20H24Cl3N5O/c1-13(2)24-11-16(15-4-3-14(21)9-17(15)22)20(29)28-7-5-27(6-8-28)19-10-18(23)25-12-26-19/h3-4,9-10,12-13,16,24H,5-8,11H2,1-2H3. The third-order valence-corrected chi connectivity index (χ3v) is 5.67. The van der Waals surface area contributed by atoms with Crippen molar-refractivity contribution >= 4 is 46.5 Å². The average molecular weight is 457 g/mol. The molecule has 0 radical (unpaired) electrons. The summed E-state index contributed by atoms with van der Waals surface area (Å²) < 4.78 is 0. The zero-order valence-electron chi connectivity index (χ0n) is 16.4. The summed E-state index contributed by atoms with van der Waals surface area (Å²) in [5, 5.41) is 4.84. The predicted molar refractivity (Wildman–Crippen MR) is 118 cm³/mol. The summed E-state index contributed by atoms with van der Waals surface area (Å²) in [5.41, 5.74) is 0.791. The number of piperazine rings is 1. The third kappa shape index (κ3) is 5.72. The summed E-state index contributed by atoms with van der Waals surface area (Å²) >= 11 is 18.4. The molecule has 6 nitrogen and oxygen atoms in total. The normalized spacial score (nSPS) is 15.7. The summed E-state index contributed by atoms with van der Waals surface area (Å²) in [5.74, 6) is 0.459. The van der Waals surface area contributed by atoms with Crippen LogP contribution in [-0.4, -0.2) is 59.5 Å². The Morgan fingerprint density at radius 1 is 1.10 bits per heavy atom. The fraction of sp³-hybridized carbons (Fsp3) is 0.450. The zero-order valence-corrected chi connectivity index (χ0v) is 18.7. The lowest BCUT2D eigenvalue weighted by Crippen LogP contribution is -2.51. The van der Waals surface area contributed by atoms with Gasteiger partial charge in [-0.1, -0.05) is 54.7 Å². The Balaban J connectivity index is 1.72. The molecule has 1 aliphatic rings. The number of rotatable bonds is 6. The van der Waals surface area contributed by atoms with Gasteiger partial charge in [0, 0.05) is 54.9 Å². The Morgan fingerprint density at radius 2 is 1.83 bits per heavy atom. The second-order valence-electron chi connectivity index (χ2n) is 7.29. The van der Waals surface area contributed by atoms with Crippen LogP contribution in [0.4, 0.5) is 5.82 Å². The number of hydrogen-bond donors (Lipinski definition) is 1. The molecule has 1 atom stereocenters. The number of amides is 1. The molecule has 0 bridgehead atoms. The smallest absolute Gasteiger partial charge is 0.231 e. The Kier molecular flexibility index (Phi) is 7.57. The molecule has 1 aromatic heterocycles. The van der Waals surface area contributed by atoms with Crippen LogP contribution in [0, 0.1) is 0 Å². The van der Waals surface area contributed by atoms with E-state index in [-0.39, 0.29) is 17.9 Å². The summed E-state index contributed by atoms with van der Waals surface area (Å²) in [6.45, 7) is 7.18. The van der Waals surface area contributed by atoms with Crippen molar-refractivity contribution < 1.29 is 4.79 Å². The highest BCUT2D eigenvalue weighted by atomic mass is 35.5. The number of carbonyl (C=O) groups excluding carboxylic acids is 1. The van der Waals surface area contributed by atoms with Crippen LogP contribution in [0.5, 0.6) is 0 Å². The Morgan fingerprint density at radius 3 is 2.45 bits per heavy atom. The Labute approximate surface area is 186 Å². The quantitative estimate of drug-likeness (QED) is 0.669. The number of aromatic nitrogens is 2. The summed E-state index contributed by atoms with van der Waals surface area (Å²) in [6.07, 6.45) is 1.45. The van der Waals surface area contributed by atoms with Crippen molar-refractivity contribution in [2.24, 2.45) is 0 Å². The minimum Gasteiger partial charge on any atom is -0.353 e. The molecule has 9 heteroatoms. The van der Waals surface area contributed by atoms with Gasteiger partial charge in [-0.15, -0.1) is 0 Å². The van der Waals surface area contributed by atoms with E-state index >= 15 is 0 Å². The number of benzene rings is 1. The van der Waals surface area contributed by atoms with Gasteiger partial charge in [0.25, 0.3) is 0 Å². The molecule has 2 heterocycles. The summed E-state index contributed by atoms with van der Waals surface area (Å²) in [4.78, 5) is 25.6. The van der Waals surface area contributed by atoms with Crippen molar-refractivity contribution in [2.45, 2.75) is 25.8 Å². The van der Waals surface area contributed by atoms with Gasteiger partial charge < -0.3 is 15.1 Å². The monoisotopic (exact) mass is 455 g/mol. The van der Waals surface area contributed by atoms with Crippen molar-refractivity contribution in [1.29, 1.82) is 0 Å². The van der Waals surface area contributed by atoms with Crippen molar-refractivity contribution in [2.75, 3.05) is 37.6 Å². The Hall–Kier alpha value is -1.60. The van der Waals surface area contributed by atoms with E-state index < -0.39 is 0 Å². The van der Waals surface area contributed by atoms with Gasteiger partial charge in [-0.3, -0.25) is 4.79 Å². The second kappa shape index (κ2) is 9.94. The molecule has 156 valence electrons. The predicted octanol–water partition coefficient (Wildman–Crippen LogP) is 3.87. The van der Waals surface area contributed by atoms with E-state index in [0.717, 1.165) is 11.4 Å². The minimum absolute atomic E-state index is 0.0581. The van der Waals surface area contributed by atoms with Gasteiger partial charge in [0.2, 0.25) is 5.91 Å². The van der Waals surface area contributed by atoms with Crippen LogP contribution < -0.4 is 10.2 Å². The van der Waals surface area contributed by atoms with Gasteiger partial charge in [-0.2, -0.15) is 0 Å². The van der Waals surface area contributed by atoms with Gasteiger partial charge >= 0.3 is 0 Å². The lowest BCUT2D eigenvalue weighted by molar-refractivity contribution is -0.133. The molecule has 1 fully saturated rings. The van der Waals surface area contributed by atoms with Gasteiger partial charge in [0.05, 0.1) is 5.92 Å². The highest BCUT2D eigenvalue weighted by molar-refractivity contribution is 6.35. The van der Waals surface area contributed by atoms with E-state index in [4.69, 9.17) is 34.8 Å². The largest absolute Gasteiger partial charge is 0.353 e. The number of carbonyl (C=O) groups is 1. The second-order valence-corrected chi connectivity index (χ2v) is 8.52. The molecule has 29 heavy (non-hydrogen) atoms. The zero-order chi connectivity index (χ0) is 21.0. The molecule has 1 unspecified atom stereocenters. The van der Waals surface area contributed by atoms with Crippen LogP contribution >= 0.6 is 34.8 Å². The maximum Gasteiger partial charge on any atom is 0.231 e. The van der Waals surface area contributed by atoms with Crippen molar-refractivity contribution in [3.8, 4) is 0 Å². The molecule has 1 saturated heterocycles. The van der Waals surface area contributed by atoms with Crippen LogP contribution in [0.2, 0.25) is 15.2 Å². The molecule has 0 saturated carbocycles. The topological polar surface area (TPSA) is 61.4 Å². The first-order chi connectivity index (χ1) is 13.8. The van der Waals surface area contributed by atoms with Crippen LogP contribution in [0.3, 0.4) is 0 Å². The van der Waals surface area contributed by atoms with Crippen LogP contribution in [0.1, 0.15) is 25.3 Å². The third-order valence-electron chi connectivity index (χ3n) is 4.90. The van der Waals surface area contributed by atoms with Crippen LogP contribution in [-0.2, 0) is 4.79 Å². The van der Waals surface area contributed by atoms with Gasteiger partial charge in [0.15, 0.2) is 0 Å². The van der Waals surface area contributed by atoms with E-state index in [9.17, 15) is 4.79 Å². The Bertz CT molecular complexity index is 856. The van der Waals surface area contributed by atoms with Crippen molar-refractivity contribution in [3.63, 3.8) is 0 Å². The highest BCUT2D eigenvalue weighted by Crippen LogP contribution is 2.29.